The molecule has 4 nitrogen and oxygen atoms in total. The Hall–Kier alpha value is -1.14. The van der Waals surface area contributed by atoms with Crippen molar-refractivity contribution in [3.05, 3.63) is 40.1 Å². The normalized spacial score (nSPS) is 11.2. The van der Waals surface area contributed by atoms with Crippen LogP contribution >= 0.6 is 28.6 Å². The number of hydrogen-bond donors (Lipinski definition) is 1. The van der Waals surface area contributed by atoms with Crippen molar-refractivity contribution < 1.29 is 0 Å². The fourth-order valence-electron chi connectivity index (χ4n) is 1.19. The number of benzene rings is 1. The monoisotopic (exact) mass is 296 g/mol. The zero-order chi connectivity index (χ0) is 11.5. The van der Waals surface area contributed by atoms with E-state index in [0.29, 0.717) is 11.0 Å². The molecule has 1 heterocycles. The van der Waals surface area contributed by atoms with Gasteiger partial charge >= 0.3 is 0 Å². The summed E-state index contributed by atoms with van der Waals surface area (Å²) >= 11 is 7.55. The molecule has 0 bridgehead atoms. The van der Waals surface area contributed by atoms with Gasteiger partial charge < -0.3 is 0 Å². The standard InChI is InChI=1S/C10H9BrN4S/c1-7-13-14-10(16)15(7)12-6-8-3-2-4-9(11)5-8/h2-6H,1H3,(H,14,16). The summed E-state index contributed by atoms with van der Waals surface area (Å²) in [5.41, 5.74) is 0.996. The first-order valence-corrected chi connectivity index (χ1v) is 5.82. The van der Waals surface area contributed by atoms with Gasteiger partial charge in [-0.25, -0.2) is 0 Å². The van der Waals surface area contributed by atoms with Crippen LogP contribution in [0.3, 0.4) is 0 Å². The van der Waals surface area contributed by atoms with E-state index in [1.165, 1.54) is 0 Å². The first kappa shape index (κ1) is 11.3. The maximum absolute atomic E-state index is 4.25. The Bertz CT molecular complexity index is 516. The predicted molar refractivity (Wildman–Crippen MR) is 69.1 cm³/mol. The van der Waals surface area contributed by atoms with E-state index in [1.807, 2.05) is 31.2 Å². The van der Waals surface area contributed by atoms with Gasteiger partial charge in [0.2, 0.25) is 5.16 Å². The Labute approximate surface area is 107 Å². The fraction of sp³-hybridized carbons (Fsp3) is 0.100. The molecule has 0 aliphatic heterocycles. The van der Waals surface area contributed by atoms with Gasteiger partial charge in [0.05, 0.1) is 6.21 Å². The van der Waals surface area contributed by atoms with Gasteiger partial charge in [0.15, 0.2) is 5.82 Å². The third kappa shape index (κ3) is 2.51. The van der Waals surface area contributed by atoms with Gasteiger partial charge in [0.1, 0.15) is 0 Å². The summed E-state index contributed by atoms with van der Waals surface area (Å²) in [6, 6.07) is 7.85. The van der Waals surface area contributed by atoms with Crippen LogP contribution in [0.1, 0.15) is 11.4 Å². The fourth-order valence-corrected chi connectivity index (χ4v) is 1.85. The molecule has 0 saturated carbocycles. The third-order valence-electron chi connectivity index (χ3n) is 1.95. The Balaban J connectivity index is 2.28. The maximum atomic E-state index is 4.25. The van der Waals surface area contributed by atoms with Crippen LogP contribution in [0.4, 0.5) is 0 Å². The number of rotatable bonds is 2. The quantitative estimate of drug-likeness (QED) is 0.683. The lowest BCUT2D eigenvalue weighted by molar-refractivity contribution is 0.747. The van der Waals surface area contributed by atoms with Gasteiger partial charge in [0, 0.05) is 4.47 Å². The average molecular weight is 297 g/mol. The highest BCUT2D eigenvalue weighted by Gasteiger charge is 2.01. The van der Waals surface area contributed by atoms with Crippen molar-refractivity contribution in [2.45, 2.75) is 12.1 Å². The molecule has 0 aliphatic carbocycles. The molecule has 2 aromatic rings. The van der Waals surface area contributed by atoms with Crippen LogP contribution in [-0.2, 0) is 0 Å². The lowest BCUT2D eigenvalue weighted by Gasteiger charge is -1.97. The molecule has 0 fully saturated rings. The molecule has 0 radical (unpaired) electrons. The molecule has 0 unspecified atom stereocenters. The van der Waals surface area contributed by atoms with E-state index in [-0.39, 0.29) is 0 Å². The summed E-state index contributed by atoms with van der Waals surface area (Å²) in [5.74, 6) is 0.705. The Morgan fingerprint density at radius 2 is 2.25 bits per heavy atom. The number of nitrogens with zero attached hydrogens (tertiary/aromatic N) is 4. The summed E-state index contributed by atoms with van der Waals surface area (Å²) in [6.45, 7) is 1.82. The highest BCUT2D eigenvalue weighted by Crippen LogP contribution is 2.10. The van der Waals surface area contributed by atoms with Gasteiger partial charge in [-0.3, -0.25) is 0 Å². The van der Waals surface area contributed by atoms with E-state index < -0.39 is 0 Å². The summed E-state index contributed by atoms with van der Waals surface area (Å²) in [7, 11) is 0. The summed E-state index contributed by atoms with van der Waals surface area (Å²) in [5, 5.41) is 12.4. The molecule has 0 saturated heterocycles. The number of hydrogen-bond acceptors (Lipinski definition) is 4. The molecule has 1 aromatic carbocycles. The van der Waals surface area contributed by atoms with Crippen LogP contribution in [0.15, 0.2) is 39.0 Å². The van der Waals surface area contributed by atoms with Crippen molar-refractivity contribution in [1.29, 1.82) is 0 Å². The molecule has 0 amide bonds. The van der Waals surface area contributed by atoms with Crippen LogP contribution in [0.2, 0.25) is 0 Å². The van der Waals surface area contributed by atoms with E-state index in [2.05, 4.69) is 43.9 Å². The van der Waals surface area contributed by atoms with E-state index in [9.17, 15) is 0 Å². The zero-order valence-electron chi connectivity index (χ0n) is 8.50. The molecule has 0 spiro atoms. The molecular weight excluding hydrogens is 288 g/mol. The second-order valence-electron chi connectivity index (χ2n) is 3.16. The molecule has 0 aliphatic rings. The summed E-state index contributed by atoms with van der Waals surface area (Å²) in [4.78, 5) is 0. The van der Waals surface area contributed by atoms with E-state index >= 15 is 0 Å². The minimum Gasteiger partial charge on any atom is -0.192 e. The molecule has 82 valence electrons. The van der Waals surface area contributed by atoms with Gasteiger partial charge in [-0.15, -0.1) is 22.8 Å². The van der Waals surface area contributed by atoms with Crippen molar-refractivity contribution in [3.8, 4) is 0 Å². The smallest absolute Gasteiger partial charge is 0.192 e. The van der Waals surface area contributed by atoms with Gasteiger partial charge in [-0.1, -0.05) is 28.1 Å². The van der Waals surface area contributed by atoms with Crippen LogP contribution < -0.4 is 0 Å². The van der Waals surface area contributed by atoms with E-state index in [4.69, 9.17) is 0 Å². The molecule has 6 heteroatoms. The van der Waals surface area contributed by atoms with Crippen molar-refractivity contribution in [1.82, 2.24) is 14.9 Å². The molecule has 0 atom stereocenters. The average Bonchev–Trinajstić information content (AvgIpc) is 2.56. The highest BCUT2D eigenvalue weighted by molar-refractivity contribution is 9.10. The molecule has 2 rings (SSSR count). The van der Waals surface area contributed by atoms with Crippen LogP contribution in [0, 0.1) is 6.92 Å². The first-order valence-electron chi connectivity index (χ1n) is 4.58. The largest absolute Gasteiger partial charge is 0.208 e. The molecule has 1 aromatic heterocycles. The number of aryl methyl sites for hydroxylation is 1. The highest BCUT2D eigenvalue weighted by atomic mass is 79.9. The number of thiol groups is 1. The lowest BCUT2D eigenvalue weighted by Crippen LogP contribution is -1.94. The molecule has 16 heavy (non-hydrogen) atoms. The Kier molecular flexibility index (Phi) is 3.40. The Morgan fingerprint density at radius 3 is 2.88 bits per heavy atom. The van der Waals surface area contributed by atoms with Gasteiger partial charge in [-0.2, -0.15) is 9.78 Å². The minimum atomic E-state index is 0.476. The van der Waals surface area contributed by atoms with Crippen molar-refractivity contribution in [2.24, 2.45) is 5.10 Å². The third-order valence-corrected chi connectivity index (χ3v) is 2.72. The predicted octanol–water partition coefficient (Wildman–Crippen LogP) is 2.52. The summed E-state index contributed by atoms with van der Waals surface area (Å²) < 4.78 is 2.59. The lowest BCUT2D eigenvalue weighted by atomic mass is 10.2. The second kappa shape index (κ2) is 4.80. The van der Waals surface area contributed by atoms with E-state index in [0.717, 1.165) is 10.0 Å². The number of aromatic nitrogens is 3. The van der Waals surface area contributed by atoms with Crippen molar-refractivity contribution >= 4 is 34.8 Å². The Morgan fingerprint density at radius 1 is 1.44 bits per heavy atom. The molecule has 0 N–H and O–H groups in total. The molecular formula is C10H9BrN4S. The van der Waals surface area contributed by atoms with Crippen molar-refractivity contribution in [3.63, 3.8) is 0 Å². The second-order valence-corrected chi connectivity index (χ2v) is 4.47. The van der Waals surface area contributed by atoms with Crippen LogP contribution in [0.25, 0.3) is 0 Å². The van der Waals surface area contributed by atoms with Crippen LogP contribution in [0.5, 0.6) is 0 Å². The minimum absolute atomic E-state index is 0.476. The van der Waals surface area contributed by atoms with Crippen molar-refractivity contribution in [2.75, 3.05) is 0 Å². The van der Waals surface area contributed by atoms with E-state index in [1.54, 1.807) is 10.9 Å². The SMILES string of the molecule is Cc1nnc(S)n1N=Cc1cccc(Br)c1. The topological polar surface area (TPSA) is 43.1 Å². The van der Waals surface area contributed by atoms with Gasteiger partial charge in [0.25, 0.3) is 0 Å². The van der Waals surface area contributed by atoms with Crippen LogP contribution in [-0.4, -0.2) is 21.1 Å². The zero-order valence-corrected chi connectivity index (χ0v) is 11.0. The van der Waals surface area contributed by atoms with Gasteiger partial charge in [-0.05, 0) is 24.6 Å². The number of halogens is 1. The summed E-state index contributed by atoms with van der Waals surface area (Å²) in [6.07, 6.45) is 1.74. The maximum Gasteiger partial charge on any atom is 0.208 e. The first-order chi connectivity index (χ1) is 7.66.